The van der Waals surface area contributed by atoms with Crippen molar-refractivity contribution in [1.29, 1.82) is 0 Å². The van der Waals surface area contributed by atoms with Gasteiger partial charge >= 0.3 is 0 Å². The number of rotatable bonds is 2. The van der Waals surface area contributed by atoms with E-state index in [9.17, 15) is 0 Å². The van der Waals surface area contributed by atoms with Crippen molar-refractivity contribution in [2.75, 3.05) is 12.3 Å². The number of hydrogen-bond acceptors (Lipinski definition) is 4. The summed E-state index contributed by atoms with van der Waals surface area (Å²) in [5.74, 6) is 0.378. The molecule has 0 fully saturated rings. The Morgan fingerprint density at radius 2 is 2.26 bits per heavy atom. The Bertz CT molecular complexity index is 602. The first-order valence-electron chi connectivity index (χ1n) is 6.59. The van der Waals surface area contributed by atoms with Crippen molar-refractivity contribution >= 4 is 5.95 Å². The van der Waals surface area contributed by atoms with Crippen molar-refractivity contribution in [2.45, 2.75) is 33.4 Å². The molecule has 5 nitrogen and oxygen atoms in total. The van der Waals surface area contributed by atoms with Gasteiger partial charge < -0.3 is 10.7 Å². The summed E-state index contributed by atoms with van der Waals surface area (Å²) >= 11 is 0. The van der Waals surface area contributed by atoms with E-state index in [1.807, 2.05) is 6.20 Å². The van der Waals surface area contributed by atoms with Crippen LogP contribution in [-0.2, 0) is 19.5 Å². The first kappa shape index (κ1) is 12.2. The maximum atomic E-state index is 5.62. The Kier molecular flexibility index (Phi) is 2.98. The number of fused-ring (bicyclic) bond motifs is 1. The Hall–Kier alpha value is -1.88. The molecule has 0 atom stereocenters. The topological polar surface area (TPSA) is 70.8 Å². The summed E-state index contributed by atoms with van der Waals surface area (Å²) in [6, 6.07) is 2.19. The summed E-state index contributed by atoms with van der Waals surface area (Å²) in [6.07, 6.45) is 2.80. The lowest BCUT2D eigenvalue weighted by Gasteiger charge is -2.27. The zero-order valence-electron chi connectivity index (χ0n) is 11.4. The first-order valence-corrected chi connectivity index (χ1v) is 6.59. The molecule has 3 rings (SSSR count). The second-order valence-corrected chi connectivity index (χ2v) is 5.27. The number of nitrogen functional groups attached to an aromatic ring is 1. The number of hydrogen-bond donors (Lipinski definition) is 2. The van der Waals surface area contributed by atoms with E-state index in [2.05, 4.69) is 39.8 Å². The van der Waals surface area contributed by atoms with Gasteiger partial charge in [0.1, 0.15) is 0 Å². The summed E-state index contributed by atoms with van der Waals surface area (Å²) in [5, 5.41) is 0. The van der Waals surface area contributed by atoms with Crippen LogP contribution in [0.5, 0.6) is 0 Å². The van der Waals surface area contributed by atoms with Crippen LogP contribution in [0.3, 0.4) is 0 Å². The maximum absolute atomic E-state index is 5.62. The lowest BCUT2D eigenvalue weighted by Crippen LogP contribution is -2.31. The van der Waals surface area contributed by atoms with Crippen molar-refractivity contribution in [1.82, 2.24) is 19.9 Å². The van der Waals surface area contributed by atoms with Gasteiger partial charge in [-0.05, 0) is 25.5 Å². The molecular weight excluding hydrogens is 238 g/mol. The minimum atomic E-state index is 0.378. The number of anilines is 1. The van der Waals surface area contributed by atoms with Crippen molar-refractivity contribution in [2.24, 2.45) is 0 Å². The number of aryl methyl sites for hydroxylation is 2. The second kappa shape index (κ2) is 4.66. The highest BCUT2D eigenvalue weighted by molar-refractivity contribution is 5.28. The minimum Gasteiger partial charge on any atom is -0.368 e. The van der Waals surface area contributed by atoms with Crippen LogP contribution >= 0.6 is 0 Å². The SMILES string of the molecule is Cc1cc(C)c(CN2CCc3nc(N)ncc3C2)[nH]1. The molecular formula is C14H19N5. The molecule has 5 heteroatoms. The van der Waals surface area contributed by atoms with Crippen LogP contribution in [0.2, 0.25) is 0 Å². The van der Waals surface area contributed by atoms with E-state index in [0.29, 0.717) is 5.95 Å². The molecule has 0 saturated carbocycles. The van der Waals surface area contributed by atoms with Gasteiger partial charge in [-0.15, -0.1) is 0 Å². The molecule has 0 amide bonds. The molecule has 0 radical (unpaired) electrons. The average molecular weight is 257 g/mol. The molecule has 2 aromatic heterocycles. The van der Waals surface area contributed by atoms with Gasteiger partial charge in [-0.3, -0.25) is 4.90 Å². The van der Waals surface area contributed by atoms with E-state index in [1.54, 1.807) is 0 Å². The fourth-order valence-electron chi connectivity index (χ4n) is 2.70. The third-order valence-electron chi connectivity index (χ3n) is 3.67. The summed E-state index contributed by atoms with van der Waals surface area (Å²) < 4.78 is 0. The molecule has 1 aliphatic heterocycles. The Labute approximate surface area is 112 Å². The van der Waals surface area contributed by atoms with Crippen LogP contribution in [0.4, 0.5) is 5.95 Å². The highest BCUT2D eigenvalue weighted by atomic mass is 15.1. The summed E-state index contributed by atoms with van der Waals surface area (Å²) in [6.45, 7) is 7.11. The summed E-state index contributed by atoms with van der Waals surface area (Å²) in [5.41, 5.74) is 11.8. The van der Waals surface area contributed by atoms with Crippen LogP contribution in [0, 0.1) is 13.8 Å². The summed E-state index contributed by atoms with van der Waals surface area (Å²) in [4.78, 5) is 14.2. The van der Waals surface area contributed by atoms with Gasteiger partial charge in [0.2, 0.25) is 5.95 Å². The number of aromatic nitrogens is 3. The molecule has 100 valence electrons. The number of aromatic amines is 1. The number of nitrogens with two attached hydrogens (primary N) is 1. The lowest BCUT2D eigenvalue weighted by atomic mass is 10.1. The molecule has 1 aliphatic rings. The fraction of sp³-hybridized carbons (Fsp3) is 0.429. The molecule has 0 saturated heterocycles. The van der Waals surface area contributed by atoms with Crippen LogP contribution in [0.15, 0.2) is 12.3 Å². The molecule has 19 heavy (non-hydrogen) atoms. The van der Waals surface area contributed by atoms with Crippen LogP contribution < -0.4 is 5.73 Å². The summed E-state index contributed by atoms with van der Waals surface area (Å²) in [7, 11) is 0. The minimum absolute atomic E-state index is 0.378. The molecule has 2 aromatic rings. The second-order valence-electron chi connectivity index (χ2n) is 5.27. The van der Waals surface area contributed by atoms with Gasteiger partial charge in [0.25, 0.3) is 0 Å². The number of nitrogens with one attached hydrogen (secondary N) is 1. The lowest BCUT2D eigenvalue weighted by molar-refractivity contribution is 0.240. The third-order valence-corrected chi connectivity index (χ3v) is 3.67. The normalized spacial score (nSPS) is 15.5. The van der Waals surface area contributed by atoms with Crippen molar-refractivity contribution < 1.29 is 0 Å². The van der Waals surface area contributed by atoms with Gasteiger partial charge in [-0.2, -0.15) is 0 Å². The monoisotopic (exact) mass is 257 g/mol. The number of H-pyrrole nitrogens is 1. The predicted octanol–water partition coefficient (Wildman–Crippen LogP) is 1.56. The Morgan fingerprint density at radius 1 is 1.42 bits per heavy atom. The fourth-order valence-corrected chi connectivity index (χ4v) is 2.70. The largest absolute Gasteiger partial charge is 0.368 e. The van der Waals surface area contributed by atoms with Crippen molar-refractivity contribution in [3.63, 3.8) is 0 Å². The standard InChI is InChI=1S/C14H19N5/c1-9-5-10(2)17-13(9)8-19-4-3-12-11(7-19)6-16-14(15)18-12/h5-6,17H,3-4,7-8H2,1-2H3,(H2,15,16,18). The zero-order chi connectivity index (χ0) is 13.4. The molecule has 3 heterocycles. The van der Waals surface area contributed by atoms with Crippen molar-refractivity contribution in [3.05, 3.63) is 40.5 Å². The quantitative estimate of drug-likeness (QED) is 0.856. The Balaban J connectivity index is 1.75. The van der Waals surface area contributed by atoms with Gasteiger partial charge in [0.05, 0.1) is 5.69 Å². The molecule has 0 unspecified atom stereocenters. The van der Waals surface area contributed by atoms with Gasteiger partial charge in [0, 0.05) is 49.2 Å². The third kappa shape index (κ3) is 2.46. The van der Waals surface area contributed by atoms with E-state index in [4.69, 9.17) is 5.73 Å². The van der Waals surface area contributed by atoms with E-state index in [0.717, 1.165) is 31.7 Å². The average Bonchev–Trinajstić information content (AvgIpc) is 2.68. The van der Waals surface area contributed by atoms with Crippen LogP contribution in [-0.4, -0.2) is 26.4 Å². The van der Waals surface area contributed by atoms with Gasteiger partial charge in [-0.1, -0.05) is 0 Å². The van der Waals surface area contributed by atoms with E-state index < -0.39 is 0 Å². The zero-order valence-corrected chi connectivity index (χ0v) is 11.4. The molecule has 0 aromatic carbocycles. The van der Waals surface area contributed by atoms with E-state index in [1.165, 1.54) is 22.5 Å². The van der Waals surface area contributed by atoms with Crippen LogP contribution in [0.1, 0.15) is 28.2 Å². The highest BCUT2D eigenvalue weighted by Gasteiger charge is 2.19. The van der Waals surface area contributed by atoms with E-state index >= 15 is 0 Å². The van der Waals surface area contributed by atoms with Gasteiger partial charge in [0.15, 0.2) is 0 Å². The Morgan fingerprint density at radius 3 is 3.00 bits per heavy atom. The number of nitrogens with zero attached hydrogens (tertiary/aromatic N) is 3. The van der Waals surface area contributed by atoms with Crippen molar-refractivity contribution in [3.8, 4) is 0 Å². The smallest absolute Gasteiger partial charge is 0.220 e. The van der Waals surface area contributed by atoms with Crippen LogP contribution in [0.25, 0.3) is 0 Å². The molecule has 3 N–H and O–H groups in total. The predicted molar refractivity (Wildman–Crippen MR) is 74.5 cm³/mol. The van der Waals surface area contributed by atoms with E-state index in [-0.39, 0.29) is 0 Å². The van der Waals surface area contributed by atoms with Gasteiger partial charge in [-0.25, -0.2) is 9.97 Å². The molecule has 0 bridgehead atoms. The maximum Gasteiger partial charge on any atom is 0.220 e. The highest BCUT2D eigenvalue weighted by Crippen LogP contribution is 2.20. The molecule has 0 spiro atoms. The molecule has 0 aliphatic carbocycles. The first-order chi connectivity index (χ1) is 9.11.